The van der Waals surface area contributed by atoms with Crippen LogP contribution in [0.5, 0.6) is 0 Å². The van der Waals surface area contributed by atoms with E-state index in [0.717, 1.165) is 6.54 Å². The van der Waals surface area contributed by atoms with Crippen LogP contribution in [0.15, 0.2) is 15.4 Å². The van der Waals surface area contributed by atoms with Crippen LogP contribution in [0.3, 0.4) is 0 Å². The summed E-state index contributed by atoms with van der Waals surface area (Å²) in [6.45, 7) is 5.35. The fourth-order valence-corrected chi connectivity index (χ4v) is 2.03. The molecule has 1 rings (SSSR count). The lowest BCUT2D eigenvalue weighted by molar-refractivity contribution is -0.119. The average Bonchev–Trinajstić information content (AvgIpc) is 2.29. The first-order valence-electron chi connectivity index (χ1n) is 5.24. The van der Waals surface area contributed by atoms with Crippen LogP contribution in [0.2, 0.25) is 0 Å². The van der Waals surface area contributed by atoms with Gasteiger partial charge in [0.05, 0.1) is 6.20 Å². The van der Waals surface area contributed by atoms with Crippen LogP contribution in [0.4, 0.5) is 5.82 Å². The van der Waals surface area contributed by atoms with Gasteiger partial charge in [-0.05, 0) is 38.4 Å². The summed E-state index contributed by atoms with van der Waals surface area (Å²) in [4.78, 5) is 20.0. The summed E-state index contributed by atoms with van der Waals surface area (Å²) in [7, 11) is 0. The first kappa shape index (κ1) is 14.5. The van der Waals surface area contributed by atoms with Gasteiger partial charge in [0, 0.05) is 12.5 Å². The highest BCUT2D eigenvalue weighted by atomic mass is 79.9. The van der Waals surface area contributed by atoms with Crippen molar-refractivity contribution in [3.05, 3.63) is 15.4 Å². The predicted octanol–water partition coefficient (Wildman–Crippen LogP) is 2.19. The normalized spacial score (nSPS) is 12.2. The number of amides is 1. The first-order valence-corrected chi connectivity index (χ1v) is 6.82. The smallest absolute Gasteiger partial charge is 0.229 e. The summed E-state index contributed by atoms with van der Waals surface area (Å²) in [5, 5.41) is 5.85. The standard InChI is InChI=1S/C10H14Br2N4O/c1-3-13-4-6(2)10(17)16-9-8(12)15-7(11)5-14-9/h5-6,13H,3-4H2,1-2H3,(H,14,16,17). The summed E-state index contributed by atoms with van der Waals surface area (Å²) < 4.78 is 1.12. The fourth-order valence-electron chi connectivity index (χ4n) is 1.12. The molecule has 1 aromatic heterocycles. The quantitative estimate of drug-likeness (QED) is 0.839. The third-order valence-corrected chi connectivity index (χ3v) is 3.03. The number of carbonyl (C=O) groups excluding carboxylic acids is 1. The van der Waals surface area contributed by atoms with E-state index in [1.54, 1.807) is 0 Å². The van der Waals surface area contributed by atoms with Crippen LogP contribution in [-0.4, -0.2) is 29.0 Å². The summed E-state index contributed by atoms with van der Waals surface area (Å²) in [5.74, 6) is 0.233. The molecule has 0 aromatic carbocycles. The van der Waals surface area contributed by atoms with Gasteiger partial charge < -0.3 is 10.6 Å². The largest absolute Gasteiger partial charge is 0.316 e. The molecule has 5 nitrogen and oxygen atoms in total. The Labute approximate surface area is 117 Å². The number of nitrogens with zero attached hydrogens (tertiary/aromatic N) is 2. The van der Waals surface area contributed by atoms with Crippen LogP contribution in [0.1, 0.15) is 13.8 Å². The summed E-state index contributed by atoms with van der Waals surface area (Å²) >= 11 is 6.44. The molecule has 0 saturated carbocycles. The van der Waals surface area contributed by atoms with Gasteiger partial charge in [-0.3, -0.25) is 4.79 Å². The number of aromatic nitrogens is 2. The van der Waals surface area contributed by atoms with E-state index in [-0.39, 0.29) is 11.8 Å². The van der Waals surface area contributed by atoms with Crippen molar-refractivity contribution in [2.24, 2.45) is 5.92 Å². The molecule has 0 saturated heterocycles. The molecule has 1 unspecified atom stereocenters. The lowest BCUT2D eigenvalue weighted by Gasteiger charge is -2.12. The van der Waals surface area contributed by atoms with Gasteiger partial charge in [0.1, 0.15) is 9.21 Å². The van der Waals surface area contributed by atoms with Crippen molar-refractivity contribution >= 4 is 43.6 Å². The molecule has 94 valence electrons. The zero-order chi connectivity index (χ0) is 12.8. The minimum Gasteiger partial charge on any atom is -0.316 e. The Morgan fingerprint density at radius 3 is 2.82 bits per heavy atom. The van der Waals surface area contributed by atoms with E-state index in [9.17, 15) is 4.79 Å². The Morgan fingerprint density at radius 2 is 2.24 bits per heavy atom. The molecule has 0 aliphatic rings. The zero-order valence-corrected chi connectivity index (χ0v) is 12.8. The second-order valence-corrected chi connectivity index (χ2v) is 5.09. The van der Waals surface area contributed by atoms with E-state index in [1.807, 2.05) is 13.8 Å². The average molecular weight is 366 g/mol. The molecule has 17 heavy (non-hydrogen) atoms. The highest BCUT2D eigenvalue weighted by Gasteiger charge is 2.14. The number of hydrogen-bond acceptors (Lipinski definition) is 4. The third kappa shape index (κ3) is 4.69. The molecular formula is C10H14Br2N4O. The Bertz CT molecular complexity index is 400. The highest BCUT2D eigenvalue weighted by molar-refractivity contribution is 9.11. The van der Waals surface area contributed by atoms with Crippen LogP contribution >= 0.6 is 31.9 Å². The van der Waals surface area contributed by atoms with Crippen LogP contribution < -0.4 is 10.6 Å². The van der Waals surface area contributed by atoms with Gasteiger partial charge in [-0.1, -0.05) is 13.8 Å². The van der Waals surface area contributed by atoms with E-state index in [2.05, 4.69) is 52.5 Å². The number of rotatable bonds is 5. The van der Waals surface area contributed by atoms with E-state index in [1.165, 1.54) is 6.20 Å². The van der Waals surface area contributed by atoms with Gasteiger partial charge in [-0.15, -0.1) is 0 Å². The first-order chi connectivity index (χ1) is 8.04. The van der Waals surface area contributed by atoms with E-state index < -0.39 is 0 Å². The number of hydrogen-bond donors (Lipinski definition) is 2. The molecular weight excluding hydrogens is 352 g/mol. The van der Waals surface area contributed by atoms with E-state index >= 15 is 0 Å². The van der Waals surface area contributed by atoms with Crippen molar-refractivity contribution in [2.45, 2.75) is 13.8 Å². The Morgan fingerprint density at radius 1 is 1.53 bits per heavy atom. The minimum atomic E-state index is -0.118. The number of nitrogens with one attached hydrogen (secondary N) is 2. The summed E-state index contributed by atoms with van der Waals surface area (Å²) in [6.07, 6.45) is 1.54. The summed E-state index contributed by atoms with van der Waals surface area (Å²) in [6, 6.07) is 0. The monoisotopic (exact) mass is 364 g/mol. The van der Waals surface area contributed by atoms with Gasteiger partial charge in [-0.2, -0.15) is 0 Å². The number of carbonyl (C=O) groups is 1. The predicted molar refractivity (Wildman–Crippen MR) is 73.8 cm³/mol. The molecule has 7 heteroatoms. The minimum absolute atomic E-state index is 0.0803. The molecule has 0 aliphatic carbocycles. The second-order valence-electron chi connectivity index (χ2n) is 3.53. The van der Waals surface area contributed by atoms with Crippen molar-refractivity contribution < 1.29 is 4.79 Å². The molecule has 0 bridgehead atoms. The number of anilines is 1. The van der Waals surface area contributed by atoms with E-state index in [4.69, 9.17) is 0 Å². The maximum absolute atomic E-state index is 11.8. The maximum Gasteiger partial charge on any atom is 0.229 e. The van der Waals surface area contributed by atoms with Gasteiger partial charge in [0.2, 0.25) is 5.91 Å². The third-order valence-electron chi connectivity index (χ3n) is 2.09. The van der Waals surface area contributed by atoms with Gasteiger partial charge in [0.15, 0.2) is 5.82 Å². The van der Waals surface area contributed by atoms with E-state index in [0.29, 0.717) is 21.6 Å². The Kier molecular flexibility index (Phi) is 6.01. The van der Waals surface area contributed by atoms with Crippen molar-refractivity contribution in [3.8, 4) is 0 Å². The second kappa shape index (κ2) is 7.03. The molecule has 1 atom stereocenters. The number of halogens is 2. The maximum atomic E-state index is 11.8. The van der Waals surface area contributed by atoms with Crippen molar-refractivity contribution in [1.82, 2.24) is 15.3 Å². The van der Waals surface area contributed by atoms with Gasteiger partial charge >= 0.3 is 0 Å². The zero-order valence-electron chi connectivity index (χ0n) is 9.63. The Hall–Kier alpha value is -0.530. The lowest BCUT2D eigenvalue weighted by Crippen LogP contribution is -2.30. The fraction of sp³-hybridized carbons (Fsp3) is 0.500. The van der Waals surface area contributed by atoms with Crippen molar-refractivity contribution in [3.63, 3.8) is 0 Å². The van der Waals surface area contributed by atoms with Crippen molar-refractivity contribution in [1.29, 1.82) is 0 Å². The molecule has 0 fully saturated rings. The van der Waals surface area contributed by atoms with Gasteiger partial charge in [-0.25, -0.2) is 9.97 Å². The SMILES string of the molecule is CCNCC(C)C(=O)Nc1ncc(Br)nc1Br. The Balaban J connectivity index is 2.61. The molecule has 0 aliphatic heterocycles. The lowest BCUT2D eigenvalue weighted by atomic mass is 10.1. The molecule has 0 spiro atoms. The van der Waals surface area contributed by atoms with Crippen LogP contribution in [-0.2, 0) is 4.79 Å². The topological polar surface area (TPSA) is 66.9 Å². The van der Waals surface area contributed by atoms with Crippen molar-refractivity contribution in [2.75, 3.05) is 18.4 Å². The van der Waals surface area contributed by atoms with Crippen LogP contribution in [0.25, 0.3) is 0 Å². The molecule has 0 radical (unpaired) electrons. The van der Waals surface area contributed by atoms with Gasteiger partial charge in [0.25, 0.3) is 0 Å². The molecule has 2 N–H and O–H groups in total. The van der Waals surface area contributed by atoms with Crippen LogP contribution in [0, 0.1) is 5.92 Å². The molecule has 1 amide bonds. The molecule has 1 heterocycles. The molecule has 1 aromatic rings. The summed E-state index contributed by atoms with van der Waals surface area (Å²) in [5.41, 5.74) is 0. The highest BCUT2D eigenvalue weighted by Crippen LogP contribution is 2.19.